The zero-order chi connectivity index (χ0) is 41.3. The fourth-order valence-corrected chi connectivity index (χ4v) is 8.17. The van der Waals surface area contributed by atoms with Crippen LogP contribution in [0, 0.1) is 22.6 Å². The molecule has 2 aromatic carbocycles. The second-order valence-corrected chi connectivity index (χ2v) is 16.7. The second kappa shape index (κ2) is 16.4. The van der Waals surface area contributed by atoms with Crippen LogP contribution in [-0.2, 0) is 22.7 Å². The molecule has 1 spiro atoms. The number of amides is 3. The zero-order valence-corrected chi connectivity index (χ0v) is 32.7. The summed E-state index contributed by atoms with van der Waals surface area (Å²) in [6.45, 7) is 3.36. The highest BCUT2D eigenvalue weighted by Crippen LogP contribution is 2.48. The third kappa shape index (κ3) is 9.32. The van der Waals surface area contributed by atoms with Crippen molar-refractivity contribution in [2.24, 2.45) is 16.7 Å². The van der Waals surface area contributed by atoms with Gasteiger partial charge in [-0.1, -0.05) is 30.3 Å². The van der Waals surface area contributed by atoms with Crippen LogP contribution in [-0.4, -0.2) is 114 Å². The Balaban J connectivity index is 1.20. The van der Waals surface area contributed by atoms with Crippen LogP contribution in [0.3, 0.4) is 0 Å². The Kier molecular flexibility index (Phi) is 12.2. The molecular weight excluding hydrogens is 754 g/mol. The summed E-state index contributed by atoms with van der Waals surface area (Å²) in [6.07, 6.45) is -1.83. The van der Waals surface area contributed by atoms with E-state index in [0.717, 1.165) is 19.4 Å². The fraction of sp³-hybridized carbons (Fsp3) is 0.561. The molecule has 57 heavy (non-hydrogen) atoms. The quantitative estimate of drug-likeness (QED) is 0.202. The van der Waals surface area contributed by atoms with Crippen molar-refractivity contribution >= 4 is 17.7 Å². The summed E-state index contributed by atoms with van der Waals surface area (Å²) in [7, 11) is 3.76. The molecule has 3 aliphatic rings. The summed E-state index contributed by atoms with van der Waals surface area (Å²) in [4.78, 5) is 45.4. The first-order valence-corrected chi connectivity index (χ1v) is 19.2. The maximum atomic E-state index is 14.1. The molecule has 1 aromatic heterocycles. The summed E-state index contributed by atoms with van der Waals surface area (Å²) >= 11 is 0. The van der Waals surface area contributed by atoms with Crippen LogP contribution in [0.2, 0.25) is 0 Å². The minimum atomic E-state index is -4.76. The predicted molar refractivity (Wildman–Crippen MR) is 199 cm³/mol. The first kappa shape index (κ1) is 42.2. The van der Waals surface area contributed by atoms with Gasteiger partial charge in [-0.3, -0.25) is 19.1 Å². The van der Waals surface area contributed by atoms with E-state index in [-0.39, 0.29) is 94.5 Å². The molecular formula is C41H50F6N6O4. The number of rotatable bonds is 13. The Hall–Kier alpha value is -4.44. The molecule has 16 heteroatoms. The molecule has 0 bridgehead atoms. The number of likely N-dealkylation sites (tertiary alicyclic amines) is 2. The fourth-order valence-electron chi connectivity index (χ4n) is 8.17. The van der Waals surface area contributed by atoms with Crippen LogP contribution >= 0.6 is 0 Å². The summed E-state index contributed by atoms with van der Waals surface area (Å²) in [5.74, 6) is -5.46. The van der Waals surface area contributed by atoms with Crippen molar-refractivity contribution in [1.82, 2.24) is 29.8 Å². The molecule has 1 saturated carbocycles. The van der Waals surface area contributed by atoms with Crippen LogP contribution in [0.4, 0.5) is 26.3 Å². The van der Waals surface area contributed by atoms with Gasteiger partial charge in [0.1, 0.15) is 11.2 Å². The van der Waals surface area contributed by atoms with Crippen molar-refractivity contribution < 1.29 is 45.5 Å². The largest absolute Gasteiger partial charge is 0.402 e. The minimum Gasteiger partial charge on any atom is -0.376 e. The summed E-state index contributed by atoms with van der Waals surface area (Å²) in [5.41, 5.74) is -0.647. The molecule has 10 nitrogen and oxygen atoms in total. The number of benzene rings is 2. The van der Waals surface area contributed by atoms with E-state index in [9.17, 15) is 40.7 Å². The minimum absolute atomic E-state index is 0.00565. The van der Waals surface area contributed by atoms with Gasteiger partial charge in [0.25, 0.3) is 11.8 Å². The van der Waals surface area contributed by atoms with E-state index in [0.29, 0.717) is 41.9 Å². The smallest absolute Gasteiger partial charge is 0.376 e. The normalized spacial score (nSPS) is 19.6. The zero-order valence-electron chi connectivity index (χ0n) is 32.7. The van der Waals surface area contributed by atoms with Crippen molar-refractivity contribution in [2.45, 2.75) is 70.7 Å². The topological polar surface area (TPSA) is 100 Å². The number of carbonyl (C=O) groups is 3. The summed E-state index contributed by atoms with van der Waals surface area (Å²) in [5, 5.41) is 7.25. The molecule has 3 fully saturated rings. The van der Waals surface area contributed by atoms with Crippen LogP contribution in [0.1, 0.15) is 82.9 Å². The molecule has 2 saturated heterocycles. The lowest BCUT2D eigenvalue weighted by atomic mass is 9.70. The van der Waals surface area contributed by atoms with Crippen LogP contribution in [0.25, 0.3) is 0 Å². The van der Waals surface area contributed by atoms with E-state index < -0.39 is 28.8 Å². The molecule has 2 aliphatic heterocycles. The van der Waals surface area contributed by atoms with Gasteiger partial charge >= 0.3 is 6.18 Å². The average Bonchev–Trinajstić information content (AvgIpc) is 3.76. The first-order valence-electron chi connectivity index (χ1n) is 19.2. The molecule has 1 atom stereocenters. The van der Waals surface area contributed by atoms with E-state index >= 15 is 0 Å². The van der Waals surface area contributed by atoms with Crippen molar-refractivity contribution in [3.8, 4) is 0 Å². The van der Waals surface area contributed by atoms with E-state index in [1.807, 2.05) is 19.0 Å². The molecule has 6 rings (SSSR count). The number of hydrogen-bond acceptors (Lipinski definition) is 6. The molecule has 0 unspecified atom stereocenters. The van der Waals surface area contributed by atoms with E-state index in [4.69, 9.17) is 4.74 Å². The molecule has 3 heterocycles. The first-order chi connectivity index (χ1) is 26.8. The van der Waals surface area contributed by atoms with Gasteiger partial charge in [0.05, 0.1) is 31.5 Å². The van der Waals surface area contributed by atoms with E-state index in [1.165, 1.54) is 23.2 Å². The van der Waals surface area contributed by atoms with Crippen molar-refractivity contribution in [1.29, 1.82) is 0 Å². The van der Waals surface area contributed by atoms with Crippen LogP contribution < -0.4 is 5.32 Å². The lowest BCUT2D eigenvalue weighted by molar-refractivity contribution is -0.223. The Morgan fingerprint density at radius 1 is 0.982 bits per heavy atom. The van der Waals surface area contributed by atoms with Crippen molar-refractivity contribution in [3.63, 3.8) is 0 Å². The van der Waals surface area contributed by atoms with Gasteiger partial charge in [0.2, 0.25) is 11.8 Å². The molecule has 310 valence electrons. The Labute approximate surface area is 328 Å². The van der Waals surface area contributed by atoms with Gasteiger partial charge in [-0.05, 0) is 75.5 Å². The monoisotopic (exact) mass is 804 g/mol. The highest BCUT2D eigenvalue weighted by atomic mass is 19.4. The Bertz CT molecular complexity index is 1910. The number of carbonyl (C=O) groups excluding carboxylic acids is 3. The number of nitrogens with one attached hydrogen (secondary N) is 1. The number of aromatic nitrogens is 2. The second-order valence-electron chi connectivity index (χ2n) is 16.7. The summed E-state index contributed by atoms with van der Waals surface area (Å²) < 4.78 is 91.1. The maximum absolute atomic E-state index is 14.1. The van der Waals surface area contributed by atoms with Crippen molar-refractivity contribution in [2.75, 3.05) is 60.0 Å². The number of alkyl halides is 5. The van der Waals surface area contributed by atoms with Gasteiger partial charge in [0.15, 0.2) is 0 Å². The molecule has 1 N–H and O–H groups in total. The van der Waals surface area contributed by atoms with Crippen molar-refractivity contribution in [3.05, 3.63) is 88.5 Å². The number of likely N-dealkylation sites (N-methyl/N-ethyl adjacent to an activating group) is 1. The Morgan fingerprint density at radius 3 is 2.30 bits per heavy atom. The molecule has 1 aliphatic carbocycles. The third-order valence-corrected chi connectivity index (χ3v) is 11.8. The third-order valence-electron chi connectivity index (χ3n) is 11.8. The number of hydrogen-bond donors (Lipinski definition) is 1. The highest BCUT2D eigenvalue weighted by Gasteiger charge is 2.61. The van der Waals surface area contributed by atoms with E-state index in [2.05, 4.69) is 10.4 Å². The standard InChI is InChI=1S/C41H50F6N6O4/c1-38(2,41(45,46)47)37(56)52-25-39(26-52)24-51(36(55)30-18-49-53(20-30)19-27-8-10-32(42)11-9-27)21-31(39)23-57-22-29-6-5-7-33(28-12-14-40(43,44)15-13-28)34(29)35(54)48-16-17-50(3)4/h5-11,18,20,28,31H,12-17,19,21-26H2,1-4H3,(H,48,54)/t31-/m0/s1. The van der Waals surface area contributed by atoms with Gasteiger partial charge in [-0.15, -0.1) is 0 Å². The summed E-state index contributed by atoms with van der Waals surface area (Å²) in [6, 6.07) is 11.2. The molecule has 3 amide bonds. The SMILES string of the molecule is CN(C)CCNC(=O)c1c(COC[C@@H]2CN(C(=O)c3cnn(Cc4ccc(F)cc4)c3)CC23CN(C(=O)C(C)(C)C(F)(F)F)C3)cccc1C1CCC(F)(F)CC1. The molecule has 0 radical (unpaired) electrons. The van der Waals surface area contributed by atoms with Crippen LogP contribution in [0.5, 0.6) is 0 Å². The highest BCUT2D eigenvalue weighted by molar-refractivity contribution is 5.97. The average molecular weight is 805 g/mol. The number of halogens is 6. The van der Waals surface area contributed by atoms with Crippen LogP contribution in [0.15, 0.2) is 54.9 Å². The Morgan fingerprint density at radius 2 is 1.65 bits per heavy atom. The predicted octanol–water partition coefficient (Wildman–Crippen LogP) is 6.36. The molecule has 3 aromatic rings. The lowest BCUT2D eigenvalue weighted by Crippen LogP contribution is -2.66. The van der Waals surface area contributed by atoms with E-state index in [1.54, 1.807) is 46.1 Å². The van der Waals surface area contributed by atoms with Gasteiger partial charge in [0, 0.05) is 75.2 Å². The number of ether oxygens (including phenoxy) is 1. The number of nitrogens with zero attached hydrogens (tertiary/aromatic N) is 5. The van der Waals surface area contributed by atoms with Gasteiger partial charge in [-0.2, -0.15) is 18.3 Å². The van der Waals surface area contributed by atoms with Gasteiger partial charge < -0.3 is 24.8 Å². The maximum Gasteiger partial charge on any atom is 0.402 e. The van der Waals surface area contributed by atoms with Gasteiger partial charge in [-0.25, -0.2) is 13.2 Å². The lowest BCUT2D eigenvalue weighted by Gasteiger charge is -2.52.